The van der Waals surface area contributed by atoms with E-state index >= 15 is 0 Å². The van der Waals surface area contributed by atoms with E-state index in [0.29, 0.717) is 4.90 Å². The van der Waals surface area contributed by atoms with E-state index in [4.69, 9.17) is 0 Å². The zero-order valence-corrected chi connectivity index (χ0v) is 17.7. The monoisotopic (exact) mass is 397 g/mol. The Morgan fingerprint density at radius 3 is 2.32 bits per heavy atom. The van der Waals surface area contributed by atoms with Crippen LogP contribution in [0.25, 0.3) is 6.08 Å². The standard InChI is InChI=1S/C24H31NO2S/c1-3-4-5-6-10-15-23(16-11-14-22-12-8-7-9-13-22)25-28(26,27)24-19-17-21(2)18-20-24/h7-9,12-14,16-20,23,25H,3-6,10,15H2,1-2H3. The second-order valence-corrected chi connectivity index (χ2v) is 8.85. The van der Waals surface area contributed by atoms with Gasteiger partial charge in [0, 0.05) is 6.04 Å². The third-order valence-electron chi connectivity index (χ3n) is 4.60. The quantitative estimate of drug-likeness (QED) is 0.381. The molecule has 0 fully saturated rings. The molecule has 0 saturated heterocycles. The first kappa shape index (κ1) is 22.2. The van der Waals surface area contributed by atoms with Gasteiger partial charge in [-0.3, -0.25) is 0 Å². The molecule has 150 valence electrons. The summed E-state index contributed by atoms with van der Waals surface area (Å²) in [5, 5.41) is 0. The Balaban J connectivity index is 2.10. The fraction of sp³-hybridized carbons (Fsp3) is 0.375. The summed E-state index contributed by atoms with van der Waals surface area (Å²) in [4.78, 5) is 0.300. The summed E-state index contributed by atoms with van der Waals surface area (Å²) in [5.74, 6) is 0. The molecule has 3 nitrogen and oxygen atoms in total. The largest absolute Gasteiger partial charge is 0.241 e. The summed E-state index contributed by atoms with van der Waals surface area (Å²) in [5.41, 5.74) is 5.24. The van der Waals surface area contributed by atoms with Gasteiger partial charge in [-0.05, 0) is 43.2 Å². The van der Waals surface area contributed by atoms with Crippen LogP contribution in [-0.4, -0.2) is 14.5 Å². The average Bonchev–Trinajstić information content (AvgIpc) is 2.68. The van der Waals surface area contributed by atoms with Crippen LogP contribution in [0.5, 0.6) is 0 Å². The predicted octanol–water partition coefficient (Wildman–Crippen LogP) is 5.87. The van der Waals surface area contributed by atoms with Gasteiger partial charge in [0.15, 0.2) is 0 Å². The van der Waals surface area contributed by atoms with Gasteiger partial charge in [-0.15, -0.1) is 5.73 Å². The van der Waals surface area contributed by atoms with Crippen molar-refractivity contribution in [1.29, 1.82) is 0 Å². The Morgan fingerprint density at radius 1 is 0.964 bits per heavy atom. The van der Waals surface area contributed by atoms with E-state index in [2.05, 4.69) is 17.4 Å². The van der Waals surface area contributed by atoms with Crippen LogP contribution < -0.4 is 4.72 Å². The summed E-state index contributed by atoms with van der Waals surface area (Å²) < 4.78 is 28.3. The minimum Gasteiger partial charge on any atom is -0.207 e. The van der Waals surface area contributed by atoms with Crippen molar-refractivity contribution in [2.45, 2.75) is 63.3 Å². The lowest BCUT2D eigenvalue weighted by Gasteiger charge is -2.15. The maximum atomic E-state index is 12.8. The van der Waals surface area contributed by atoms with Crippen molar-refractivity contribution in [2.24, 2.45) is 0 Å². The van der Waals surface area contributed by atoms with Crippen molar-refractivity contribution < 1.29 is 8.42 Å². The molecule has 0 radical (unpaired) electrons. The van der Waals surface area contributed by atoms with E-state index < -0.39 is 10.0 Å². The van der Waals surface area contributed by atoms with Gasteiger partial charge in [0.2, 0.25) is 10.0 Å². The normalized spacial score (nSPS) is 12.2. The van der Waals surface area contributed by atoms with Crippen LogP contribution in [0.2, 0.25) is 0 Å². The highest BCUT2D eigenvalue weighted by atomic mass is 32.2. The number of aryl methyl sites for hydroxylation is 1. The van der Waals surface area contributed by atoms with Crippen LogP contribution in [0.4, 0.5) is 0 Å². The molecule has 4 heteroatoms. The van der Waals surface area contributed by atoms with Gasteiger partial charge in [-0.1, -0.05) is 87.1 Å². The summed E-state index contributed by atoms with van der Waals surface area (Å²) in [6.45, 7) is 4.13. The zero-order chi connectivity index (χ0) is 20.2. The van der Waals surface area contributed by atoms with Gasteiger partial charge in [0.05, 0.1) is 4.90 Å². The first-order chi connectivity index (χ1) is 13.5. The first-order valence-corrected chi connectivity index (χ1v) is 11.6. The lowest BCUT2D eigenvalue weighted by atomic mass is 10.1. The maximum absolute atomic E-state index is 12.8. The third-order valence-corrected chi connectivity index (χ3v) is 6.11. The smallest absolute Gasteiger partial charge is 0.207 e. The minimum absolute atomic E-state index is 0.270. The second-order valence-electron chi connectivity index (χ2n) is 7.13. The molecule has 2 aromatic carbocycles. The van der Waals surface area contributed by atoms with Gasteiger partial charge in [0.1, 0.15) is 0 Å². The molecule has 1 atom stereocenters. The van der Waals surface area contributed by atoms with E-state index in [1.54, 1.807) is 12.1 Å². The molecule has 0 aromatic heterocycles. The molecular weight excluding hydrogens is 366 g/mol. The summed E-state index contributed by atoms with van der Waals surface area (Å²) in [6.07, 6.45) is 10.2. The van der Waals surface area contributed by atoms with E-state index in [0.717, 1.165) is 30.4 Å². The highest BCUT2D eigenvalue weighted by Gasteiger charge is 2.18. The van der Waals surface area contributed by atoms with Crippen molar-refractivity contribution in [3.8, 4) is 0 Å². The summed E-state index contributed by atoms with van der Waals surface area (Å²) in [6, 6.07) is 16.6. The number of rotatable bonds is 11. The predicted molar refractivity (Wildman–Crippen MR) is 118 cm³/mol. The van der Waals surface area contributed by atoms with Gasteiger partial charge in [-0.2, -0.15) is 0 Å². The second kappa shape index (κ2) is 11.7. The molecular formula is C24H31NO2S. The van der Waals surface area contributed by atoms with Crippen LogP contribution in [0.1, 0.15) is 56.6 Å². The molecule has 0 amide bonds. The molecule has 0 heterocycles. The zero-order valence-electron chi connectivity index (χ0n) is 16.9. The Bertz CT molecular complexity index is 865. The first-order valence-electron chi connectivity index (χ1n) is 10.1. The molecule has 2 aromatic rings. The molecule has 1 N–H and O–H groups in total. The van der Waals surface area contributed by atoms with Gasteiger partial charge in [0.25, 0.3) is 0 Å². The molecule has 28 heavy (non-hydrogen) atoms. The van der Waals surface area contributed by atoms with Crippen molar-refractivity contribution in [3.63, 3.8) is 0 Å². The molecule has 0 spiro atoms. The SMILES string of the molecule is CCCCCCCC(C=C=Cc1ccccc1)NS(=O)(=O)c1ccc(C)cc1. The Kier molecular flexibility index (Phi) is 9.22. The maximum Gasteiger partial charge on any atom is 0.241 e. The Morgan fingerprint density at radius 2 is 1.64 bits per heavy atom. The van der Waals surface area contributed by atoms with Crippen molar-refractivity contribution in [2.75, 3.05) is 0 Å². The third kappa shape index (κ3) is 7.85. The van der Waals surface area contributed by atoms with E-state index in [1.165, 1.54) is 19.3 Å². The van der Waals surface area contributed by atoms with Gasteiger partial charge >= 0.3 is 0 Å². The van der Waals surface area contributed by atoms with E-state index in [-0.39, 0.29) is 6.04 Å². The molecule has 0 saturated carbocycles. The molecule has 0 bridgehead atoms. The summed E-state index contributed by atoms with van der Waals surface area (Å²) >= 11 is 0. The molecule has 2 rings (SSSR count). The highest BCUT2D eigenvalue weighted by molar-refractivity contribution is 7.89. The van der Waals surface area contributed by atoms with Crippen molar-refractivity contribution in [3.05, 3.63) is 77.5 Å². The van der Waals surface area contributed by atoms with Crippen LogP contribution >= 0.6 is 0 Å². The van der Waals surface area contributed by atoms with Crippen molar-refractivity contribution in [1.82, 2.24) is 4.72 Å². The van der Waals surface area contributed by atoms with Crippen LogP contribution in [0.3, 0.4) is 0 Å². The molecule has 0 aliphatic carbocycles. The lowest BCUT2D eigenvalue weighted by molar-refractivity contribution is 0.538. The van der Waals surface area contributed by atoms with E-state index in [9.17, 15) is 8.42 Å². The Labute approximate surface area is 170 Å². The number of hydrogen-bond acceptors (Lipinski definition) is 2. The number of unbranched alkanes of at least 4 members (excludes halogenated alkanes) is 4. The average molecular weight is 398 g/mol. The molecule has 0 aliphatic rings. The van der Waals surface area contributed by atoms with Gasteiger partial charge < -0.3 is 0 Å². The van der Waals surface area contributed by atoms with Crippen LogP contribution in [0, 0.1) is 6.92 Å². The van der Waals surface area contributed by atoms with E-state index in [1.807, 2.05) is 61.5 Å². The highest BCUT2D eigenvalue weighted by Crippen LogP contribution is 2.14. The Hall–Kier alpha value is -2.13. The number of nitrogens with one attached hydrogen (secondary N) is 1. The fourth-order valence-electron chi connectivity index (χ4n) is 2.94. The van der Waals surface area contributed by atoms with Crippen LogP contribution in [-0.2, 0) is 10.0 Å². The van der Waals surface area contributed by atoms with Crippen LogP contribution in [0.15, 0.2) is 71.3 Å². The topological polar surface area (TPSA) is 46.2 Å². The fourth-order valence-corrected chi connectivity index (χ4v) is 4.15. The number of sulfonamides is 1. The van der Waals surface area contributed by atoms with Gasteiger partial charge in [-0.25, -0.2) is 13.1 Å². The summed E-state index contributed by atoms with van der Waals surface area (Å²) in [7, 11) is -3.55. The molecule has 0 aliphatic heterocycles. The molecule has 1 unspecified atom stereocenters. The number of hydrogen-bond donors (Lipinski definition) is 1. The number of benzene rings is 2. The lowest BCUT2D eigenvalue weighted by Crippen LogP contribution is -2.33. The minimum atomic E-state index is -3.55. The van der Waals surface area contributed by atoms with Crippen molar-refractivity contribution >= 4 is 16.1 Å².